The quantitative estimate of drug-likeness (QED) is 0.802. The predicted octanol–water partition coefficient (Wildman–Crippen LogP) is 3.45. The highest BCUT2D eigenvalue weighted by atomic mass is 32.2. The minimum Gasteiger partial charge on any atom is -0.343 e. The third kappa shape index (κ3) is 2.07. The van der Waals surface area contributed by atoms with Gasteiger partial charge in [-0.25, -0.2) is 0 Å². The van der Waals surface area contributed by atoms with E-state index < -0.39 is 11.7 Å². The van der Waals surface area contributed by atoms with Crippen molar-refractivity contribution in [2.75, 3.05) is 18.8 Å². The Balaban J connectivity index is 2.05. The fourth-order valence-electron chi connectivity index (χ4n) is 3.45. The van der Waals surface area contributed by atoms with Crippen molar-refractivity contribution in [3.8, 4) is 0 Å². The summed E-state index contributed by atoms with van der Waals surface area (Å²) in [5, 5.41) is 4.14. The standard InChI is InChI=1S/C15H15F3N2S/c16-15(17,18)9-7-11-10-1-3-19-4-2-12(10)20-5-6-21-13(8-9)14(11)20/h7-8,19H,1-6H2. The largest absolute Gasteiger partial charge is 0.416 e. The van der Waals surface area contributed by atoms with Crippen molar-refractivity contribution in [2.45, 2.75) is 30.5 Å². The maximum atomic E-state index is 13.1. The van der Waals surface area contributed by atoms with Gasteiger partial charge in [0.2, 0.25) is 0 Å². The first-order valence-electron chi connectivity index (χ1n) is 7.14. The molecule has 0 spiro atoms. The van der Waals surface area contributed by atoms with E-state index in [0.717, 1.165) is 59.6 Å². The summed E-state index contributed by atoms with van der Waals surface area (Å²) in [6.07, 6.45) is -2.57. The predicted molar refractivity (Wildman–Crippen MR) is 77.9 cm³/mol. The number of nitrogens with one attached hydrogen (secondary N) is 1. The molecule has 112 valence electrons. The molecule has 0 saturated carbocycles. The highest BCUT2D eigenvalue weighted by Crippen LogP contribution is 2.42. The third-order valence-corrected chi connectivity index (χ3v) is 5.34. The van der Waals surface area contributed by atoms with Crippen molar-refractivity contribution in [3.05, 3.63) is 29.0 Å². The highest BCUT2D eigenvalue weighted by Gasteiger charge is 2.33. The molecule has 21 heavy (non-hydrogen) atoms. The summed E-state index contributed by atoms with van der Waals surface area (Å²) in [5.74, 6) is 0.845. The molecule has 1 aromatic carbocycles. The van der Waals surface area contributed by atoms with Gasteiger partial charge in [0, 0.05) is 41.2 Å². The number of benzene rings is 1. The van der Waals surface area contributed by atoms with E-state index in [1.54, 1.807) is 11.8 Å². The monoisotopic (exact) mass is 312 g/mol. The maximum Gasteiger partial charge on any atom is 0.416 e. The van der Waals surface area contributed by atoms with Crippen LogP contribution >= 0.6 is 11.8 Å². The molecule has 2 aliphatic heterocycles. The van der Waals surface area contributed by atoms with Gasteiger partial charge >= 0.3 is 6.18 Å². The van der Waals surface area contributed by atoms with E-state index in [1.807, 2.05) is 0 Å². The van der Waals surface area contributed by atoms with Gasteiger partial charge in [0.1, 0.15) is 0 Å². The Bertz CT molecular complexity index is 718. The number of alkyl halides is 3. The molecular weight excluding hydrogens is 297 g/mol. The Morgan fingerprint density at radius 2 is 1.95 bits per heavy atom. The molecule has 2 nitrogen and oxygen atoms in total. The van der Waals surface area contributed by atoms with E-state index in [2.05, 4.69) is 9.88 Å². The molecule has 6 heteroatoms. The van der Waals surface area contributed by atoms with Crippen LogP contribution < -0.4 is 5.32 Å². The van der Waals surface area contributed by atoms with Crippen molar-refractivity contribution in [3.63, 3.8) is 0 Å². The average molecular weight is 312 g/mol. The van der Waals surface area contributed by atoms with E-state index in [1.165, 1.54) is 17.8 Å². The molecule has 0 unspecified atom stereocenters. The highest BCUT2D eigenvalue weighted by molar-refractivity contribution is 7.99. The zero-order chi connectivity index (χ0) is 14.6. The maximum absolute atomic E-state index is 13.1. The number of aryl methyl sites for hydroxylation is 1. The van der Waals surface area contributed by atoms with Gasteiger partial charge in [-0.1, -0.05) is 0 Å². The second-order valence-corrected chi connectivity index (χ2v) is 6.68. The van der Waals surface area contributed by atoms with Crippen LogP contribution in [0.25, 0.3) is 10.9 Å². The molecule has 0 amide bonds. The van der Waals surface area contributed by atoms with Crippen LogP contribution in [-0.4, -0.2) is 23.4 Å². The number of thioether (sulfide) groups is 1. The van der Waals surface area contributed by atoms with Crippen LogP contribution in [0.15, 0.2) is 17.0 Å². The zero-order valence-electron chi connectivity index (χ0n) is 11.4. The average Bonchev–Trinajstić information content (AvgIpc) is 2.63. The molecule has 0 fully saturated rings. The van der Waals surface area contributed by atoms with E-state index >= 15 is 0 Å². The van der Waals surface area contributed by atoms with Gasteiger partial charge in [-0.15, -0.1) is 11.8 Å². The van der Waals surface area contributed by atoms with E-state index in [-0.39, 0.29) is 0 Å². The van der Waals surface area contributed by atoms with Gasteiger partial charge in [0.15, 0.2) is 0 Å². The molecule has 1 N–H and O–H groups in total. The minimum absolute atomic E-state index is 0.517. The van der Waals surface area contributed by atoms with Crippen LogP contribution in [-0.2, 0) is 25.6 Å². The van der Waals surface area contributed by atoms with Gasteiger partial charge in [0.05, 0.1) is 11.1 Å². The van der Waals surface area contributed by atoms with Crippen LogP contribution in [0.4, 0.5) is 13.2 Å². The fourth-order valence-corrected chi connectivity index (χ4v) is 4.51. The molecule has 2 aromatic rings. The summed E-state index contributed by atoms with van der Waals surface area (Å²) < 4.78 is 41.7. The first kappa shape index (κ1) is 13.5. The lowest BCUT2D eigenvalue weighted by atomic mass is 10.0. The molecule has 1 aromatic heterocycles. The van der Waals surface area contributed by atoms with Crippen LogP contribution in [0.3, 0.4) is 0 Å². The summed E-state index contributed by atoms with van der Waals surface area (Å²) in [7, 11) is 0. The second-order valence-electron chi connectivity index (χ2n) is 5.54. The summed E-state index contributed by atoms with van der Waals surface area (Å²) in [6.45, 7) is 2.64. The van der Waals surface area contributed by atoms with Gasteiger partial charge in [0.25, 0.3) is 0 Å². The van der Waals surface area contributed by atoms with Crippen molar-refractivity contribution in [1.29, 1.82) is 0 Å². The summed E-state index contributed by atoms with van der Waals surface area (Å²) in [5.41, 5.74) is 2.85. The van der Waals surface area contributed by atoms with E-state index in [4.69, 9.17) is 0 Å². The Labute approximate surface area is 124 Å². The van der Waals surface area contributed by atoms with Crippen LogP contribution in [0, 0.1) is 0 Å². The minimum atomic E-state index is -4.28. The molecular formula is C15H15F3N2S. The van der Waals surface area contributed by atoms with Crippen LogP contribution in [0.5, 0.6) is 0 Å². The third-order valence-electron chi connectivity index (χ3n) is 4.33. The van der Waals surface area contributed by atoms with Crippen molar-refractivity contribution >= 4 is 22.7 Å². The Hall–Kier alpha value is -1.14. The number of hydrogen-bond acceptors (Lipinski definition) is 2. The first-order chi connectivity index (χ1) is 10.1. The molecule has 0 atom stereocenters. The molecule has 4 rings (SSSR count). The van der Waals surface area contributed by atoms with Gasteiger partial charge in [-0.2, -0.15) is 13.2 Å². The van der Waals surface area contributed by atoms with E-state index in [0.29, 0.717) is 0 Å². The lowest BCUT2D eigenvalue weighted by molar-refractivity contribution is -0.137. The Morgan fingerprint density at radius 1 is 1.14 bits per heavy atom. The van der Waals surface area contributed by atoms with E-state index in [9.17, 15) is 13.2 Å². The zero-order valence-corrected chi connectivity index (χ0v) is 12.2. The topological polar surface area (TPSA) is 17.0 Å². The van der Waals surface area contributed by atoms with Crippen LogP contribution in [0.2, 0.25) is 0 Å². The first-order valence-corrected chi connectivity index (χ1v) is 8.13. The number of nitrogens with zero attached hydrogens (tertiary/aromatic N) is 1. The molecule has 0 bridgehead atoms. The Kier molecular flexibility index (Phi) is 3.01. The number of hydrogen-bond donors (Lipinski definition) is 1. The van der Waals surface area contributed by atoms with Crippen molar-refractivity contribution in [1.82, 2.24) is 9.88 Å². The Morgan fingerprint density at radius 3 is 2.76 bits per heavy atom. The number of aromatic nitrogens is 1. The lowest BCUT2D eigenvalue weighted by Crippen LogP contribution is -2.18. The SMILES string of the molecule is FC(F)(F)c1cc2c3c(c1)c1c(n3CCS2)CCNCC1. The normalized spacial score (nSPS) is 18.6. The lowest BCUT2D eigenvalue weighted by Gasteiger charge is -2.19. The second kappa shape index (κ2) is 4.68. The summed E-state index contributed by atoms with van der Waals surface area (Å²) in [6, 6.07) is 2.67. The number of rotatable bonds is 0. The van der Waals surface area contributed by atoms with Crippen molar-refractivity contribution < 1.29 is 13.2 Å². The van der Waals surface area contributed by atoms with Gasteiger partial charge < -0.3 is 9.88 Å². The van der Waals surface area contributed by atoms with Gasteiger partial charge in [-0.05, 0) is 30.7 Å². The smallest absolute Gasteiger partial charge is 0.343 e. The fraction of sp³-hybridized carbons (Fsp3) is 0.467. The van der Waals surface area contributed by atoms with Crippen LogP contribution in [0.1, 0.15) is 16.8 Å². The van der Waals surface area contributed by atoms with Crippen molar-refractivity contribution in [2.24, 2.45) is 0 Å². The number of fused-ring (bicyclic) bond motifs is 3. The van der Waals surface area contributed by atoms with Gasteiger partial charge in [-0.3, -0.25) is 0 Å². The molecule has 3 heterocycles. The summed E-state index contributed by atoms with van der Waals surface area (Å²) >= 11 is 1.54. The molecule has 0 radical (unpaired) electrons. The molecule has 0 saturated heterocycles. The molecule has 2 aliphatic rings. The molecule has 0 aliphatic carbocycles. The number of halogens is 3. The summed E-state index contributed by atoms with van der Waals surface area (Å²) in [4.78, 5) is 0.784.